The minimum Gasteiger partial charge on any atom is -0.103 e. The van der Waals surface area contributed by atoms with Crippen LogP contribution in [-0.2, 0) is 0 Å². The summed E-state index contributed by atoms with van der Waals surface area (Å²) in [6, 6.07) is 0. The van der Waals surface area contributed by atoms with Gasteiger partial charge >= 0.3 is 0 Å². The first kappa shape index (κ1) is 15.2. The Balaban J connectivity index is 3.75. The third kappa shape index (κ3) is 9.76. The molecule has 0 N–H and O–H groups in total. The second kappa shape index (κ2) is 9.45. The molecule has 0 aliphatic carbocycles. The van der Waals surface area contributed by atoms with Crippen LogP contribution in [-0.4, -0.2) is 0 Å². The molecule has 0 saturated carbocycles. The molecular weight excluding hydrogens is 192 g/mol. The first-order valence-electron chi connectivity index (χ1n) is 6.47. The molecular formula is C16H28. The van der Waals surface area contributed by atoms with Crippen molar-refractivity contribution in [3.05, 3.63) is 36.5 Å². The van der Waals surface area contributed by atoms with Crippen LogP contribution in [0.15, 0.2) is 36.5 Å². The maximum atomic E-state index is 3.91. The predicted octanol–water partition coefficient (Wildman–Crippen LogP) is 5.53. The number of hydrogen-bond acceptors (Lipinski definition) is 0. The SMILES string of the molecule is C=CC(CC=C(C)C)CC/C=C/CC(C)C. The van der Waals surface area contributed by atoms with E-state index in [1.54, 1.807) is 0 Å². The monoisotopic (exact) mass is 220 g/mol. The molecule has 0 amide bonds. The zero-order valence-corrected chi connectivity index (χ0v) is 11.5. The lowest BCUT2D eigenvalue weighted by Gasteiger charge is -2.08. The molecule has 0 saturated heterocycles. The van der Waals surface area contributed by atoms with E-state index in [0.29, 0.717) is 5.92 Å². The van der Waals surface area contributed by atoms with Crippen LogP contribution in [0.25, 0.3) is 0 Å². The molecule has 0 aliphatic rings. The van der Waals surface area contributed by atoms with E-state index in [4.69, 9.17) is 0 Å². The Kier molecular flexibility index (Phi) is 8.99. The highest BCUT2D eigenvalue weighted by Gasteiger charge is 2.00. The summed E-state index contributed by atoms with van der Waals surface area (Å²) in [5, 5.41) is 0. The molecule has 0 aromatic heterocycles. The van der Waals surface area contributed by atoms with E-state index in [-0.39, 0.29) is 0 Å². The molecule has 16 heavy (non-hydrogen) atoms. The van der Waals surface area contributed by atoms with Crippen LogP contribution in [0.1, 0.15) is 53.4 Å². The summed E-state index contributed by atoms with van der Waals surface area (Å²) in [4.78, 5) is 0. The fraction of sp³-hybridized carbons (Fsp3) is 0.625. The van der Waals surface area contributed by atoms with Gasteiger partial charge in [-0.05, 0) is 51.4 Å². The van der Waals surface area contributed by atoms with Gasteiger partial charge in [-0.2, -0.15) is 0 Å². The third-order valence-corrected chi connectivity index (χ3v) is 2.64. The Morgan fingerprint density at radius 2 is 1.81 bits per heavy atom. The van der Waals surface area contributed by atoms with Gasteiger partial charge in [0.1, 0.15) is 0 Å². The Bertz CT molecular complexity index is 226. The summed E-state index contributed by atoms with van der Waals surface area (Å²) in [5.74, 6) is 1.41. The highest BCUT2D eigenvalue weighted by atomic mass is 14.1. The second-order valence-corrected chi connectivity index (χ2v) is 5.19. The summed E-state index contributed by atoms with van der Waals surface area (Å²) in [6.07, 6.45) is 13.8. The molecule has 0 radical (unpaired) electrons. The summed E-state index contributed by atoms with van der Waals surface area (Å²) in [6.45, 7) is 12.7. The van der Waals surface area contributed by atoms with Gasteiger partial charge in [0.2, 0.25) is 0 Å². The highest BCUT2D eigenvalue weighted by molar-refractivity contribution is 4.97. The maximum absolute atomic E-state index is 3.91. The van der Waals surface area contributed by atoms with Crippen molar-refractivity contribution in [3.63, 3.8) is 0 Å². The largest absolute Gasteiger partial charge is 0.103 e. The van der Waals surface area contributed by atoms with Crippen LogP contribution in [0.2, 0.25) is 0 Å². The molecule has 0 bridgehead atoms. The van der Waals surface area contributed by atoms with Crippen molar-refractivity contribution in [2.24, 2.45) is 11.8 Å². The third-order valence-electron chi connectivity index (χ3n) is 2.64. The topological polar surface area (TPSA) is 0 Å². The smallest absolute Gasteiger partial charge is 0.0199 e. The van der Waals surface area contributed by atoms with Gasteiger partial charge in [0.15, 0.2) is 0 Å². The van der Waals surface area contributed by atoms with Crippen LogP contribution in [0.4, 0.5) is 0 Å². The lowest BCUT2D eigenvalue weighted by atomic mass is 9.98. The molecule has 0 aromatic rings. The standard InChI is InChI=1S/C16H28/c1-6-16(13-12-15(4)5)11-9-7-8-10-14(2)3/h6-8,12,14,16H,1,9-11,13H2,2-5H3/b8-7+. The first-order valence-corrected chi connectivity index (χ1v) is 6.47. The molecule has 0 aromatic carbocycles. The van der Waals surface area contributed by atoms with Crippen molar-refractivity contribution in [2.75, 3.05) is 0 Å². The lowest BCUT2D eigenvalue weighted by molar-refractivity contribution is 0.603. The fourth-order valence-electron chi connectivity index (χ4n) is 1.52. The molecule has 0 nitrogen and oxygen atoms in total. The Morgan fingerprint density at radius 1 is 1.12 bits per heavy atom. The Hall–Kier alpha value is -0.780. The predicted molar refractivity (Wildman–Crippen MR) is 75.6 cm³/mol. The molecule has 0 spiro atoms. The molecule has 0 heterocycles. The van der Waals surface area contributed by atoms with Crippen LogP contribution >= 0.6 is 0 Å². The minimum atomic E-state index is 0.638. The molecule has 0 fully saturated rings. The van der Waals surface area contributed by atoms with E-state index in [1.165, 1.54) is 24.8 Å². The van der Waals surface area contributed by atoms with Crippen molar-refractivity contribution < 1.29 is 0 Å². The van der Waals surface area contributed by atoms with Crippen LogP contribution in [0, 0.1) is 11.8 Å². The molecule has 0 rings (SSSR count). The summed E-state index contributed by atoms with van der Waals surface area (Å²) in [5.41, 5.74) is 1.40. The van der Waals surface area contributed by atoms with Crippen LogP contribution in [0.5, 0.6) is 0 Å². The van der Waals surface area contributed by atoms with E-state index >= 15 is 0 Å². The van der Waals surface area contributed by atoms with Crippen molar-refractivity contribution in [1.29, 1.82) is 0 Å². The maximum Gasteiger partial charge on any atom is -0.0199 e. The van der Waals surface area contributed by atoms with Gasteiger partial charge in [-0.1, -0.05) is 43.7 Å². The van der Waals surface area contributed by atoms with E-state index in [1.807, 2.05) is 0 Å². The Labute approximate surface area is 102 Å². The number of hydrogen-bond donors (Lipinski definition) is 0. The summed E-state index contributed by atoms with van der Waals surface area (Å²) in [7, 11) is 0. The second-order valence-electron chi connectivity index (χ2n) is 5.19. The average molecular weight is 220 g/mol. The molecule has 1 unspecified atom stereocenters. The van der Waals surface area contributed by atoms with Crippen molar-refractivity contribution in [3.8, 4) is 0 Å². The first-order chi connectivity index (χ1) is 7.56. The zero-order chi connectivity index (χ0) is 12.4. The zero-order valence-electron chi connectivity index (χ0n) is 11.5. The van der Waals surface area contributed by atoms with Crippen molar-refractivity contribution in [1.82, 2.24) is 0 Å². The van der Waals surface area contributed by atoms with Gasteiger partial charge in [0.05, 0.1) is 0 Å². The molecule has 1 atom stereocenters. The highest BCUT2D eigenvalue weighted by Crippen LogP contribution is 2.15. The minimum absolute atomic E-state index is 0.638. The quantitative estimate of drug-likeness (QED) is 0.472. The molecule has 92 valence electrons. The molecule has 0 aliphatic heterocycles. The van der Waals surface area contributed by atoms with Gasteiger partial charge in [0, 0.05) is 0 Å². The van der Waals surface area contributed by atoms with E-state index in [0.717, 1.165) is 12.3 Å². The van der Waals surface area contributed by atoms with Gasteiger partial charge in [-0.25, -0.2) is 0 Å². The summed E-state index contributed by atoms with van der Waals surface area (Å²) >= 11 is 0. The number of allylic oxidation sites excluding steroid dienone is 5. The van der Waals surface area contributed by atoms with Gasteiger partial charge in [-0.3, -0.25) is 0 Å². The van der Waals surface area contributed by atoms with Crippen LogP contribution in [0.3, 0.4) is 0 Å². The Morgan fingerprint density at radius 3 is 2.31 bits per heavy atom. The van der Waals surface area contributed by atoms with Gasteiger partial charge in [0.25, 0.3) is 0 Å². The normalized spacial score (nSPS) is 13.1. The fourth-order valence-corrected chi connectivity index (χ4v) is 1.52. The van der Waals surface area contributed by atoms with E-state index < -0.39 is 0 Å². The average Bonchev–Trinajstić information content (AvgIpc) is 2.21. The van der Waals surface area contributed by atoms with Crippen molar-refractivity contribution in [2.45, 2.75) is 53.4 Å². The molecule has 0 heteroatoms. The van der Waals surface area contributed by atoms with Gasteiger partial charge in [-0.15, -0.1) is 6.58 Å². The summed E-state index contributed by atoms with van der Waals surface area (Å²) < 4.78 is 0. The van der Waals surface area contributed by atoms with E-state index in [9.17, 15) is 0 Å². The van der Waals surface area contributed by atoms with Crippen molar-refractivity contribution >= 4 is 0 Å². The van der Waals surface area contributed by atoms with Crippen LogP contribution < -0.4 is 0 Å². The lowest BCUT2D eigenvalue weighted by Crippen LogP contribution is -1.93. The van der Waals surface area contributed by atoms with E-state index in [2.05, 4.69) is 58.6 Å². The van der Waals surface area contributed by atoms with Gasteiger partial charge < -0.3 is 0 Å². The number of rotatable bonds is 8.